The van der Waals surface area contributed by atoms with Crippen molar-refractivity contribution in [2.75, 3.05) is 11.1 Å². The molecule has 26 heavy (non-hydrogen) atoms. The molecule has 2 unspecified atom stereocenters. The lowest BCUT2D eigenvalue weighted by atomic mass is 9.89. The number of amides is 1. The molecule has 2 heterocycles. The zero-order valence-electron chi connectivity index (χ0n) is 15.0. The van der Waals surface area contributed by atoms with Crippen molar-refractivity contribution in [3.8, 4) is 17.2 Å². The summed E-state index contributed by atoms with van der Waals surface area (Å²) in [5.74, 6) is 0.245. The van der Waals surface area contributed by atoms with Crippen LogP contribution >= 0.6 is 0 Å². The van der Waals surface area contributed by atoms with Gasteiger partial charge < -0.3 is 11.1 Å². The monoisotopic (exact) mass is 350 g/mol. The molecule has 1 aliphatic rings. The number of pyridine rings is 1. The van der Waals surface area contributed by atoms with Crippen molar-refractivity contribution in [2.45, 2.75) is 38.8 Å². The molecule has 1 amide bonds. The van der Waals surface area contributed by atoms with Crippen molar-refractivity contribution in [3.63, 3.8) is 0 Å². The smallest absolute Gasteiger partial charge is 0.221 e. The highest BCUT2D eigenvalue weighted by Gasteiger charge is 2.33. The van der Waals surface area contributed by atoms with Crippen molar-refractivity contribution in [1.29, 1.82) is 5.26 Å². The Hall–Kier alpha value is -2.95. The predicted molar refractivity (Wildman–Crippen MR) is 101 cm³/mol. The average Bonchev–Trinajstić information content (AvgIpc) is 2.93. The molecule has 1 aliphatic heterocycles. The number of nitrogens with two attached hydrogens (primary N) is 1. The van der Waals surface area contributed by atoms with Crippen LogP contribution in [-0.2, 0) is 4.79 Å². The summed E-state index contributed by atoms with van der Waals surface area (Å²) in [6, 6.07) is 11.8. The van der Waals surface area contributed by atoms with E-state index >= 15 is 0 Å². The maximum absolute atomic E-state index is 11.2. The van der Waals surface area contributed by atoms with Gasteiger partial charge in [0.05, 0.1) is 0 Å². The van der Waals surface area contributed by atoms with Gasteiger partial charge in [-0.3, -0.25) is 15.6 Å². The van der Waals surface area contributed by atoms with Gasteiger partial charge in [0.15, 0.2) is 0 Å². The van der Waals surface area contributed by atoms with E-state index in [-0.39, 0.29) is 29.7 Å². The van der Waals surface area contributed by atoms with E-state index < -0.39 is 0 Å². The fourth-order valence-corrected chi connectivity index (χ4v) is 3.43. The zero-order valence-corrected chi connectivity index (χ0v) is 15.0. The number of nitrogen functional groups attached to an aromatic ring is 1. The molecule has 1 aromatic heterocycles. The fraction of sp³-hybridized carbons (Fsp3) is 0.316. The van der Waals surface area contributed by atoms with Gasteiger partial charge >= 0.3 is 0 Å². The van der Waals surface area contributed by atoms with Gasteiger partial charge in [0.1, 0.15) is 17.5 Å². The molecule has 1 fully saturated rings. The number of nitriles is 1. The Morgan fingerprint density at radius 1 is 1.23 bits per heavy atom. The number of hydrazine groups is 1. The highest BCUT2D eigenvalue weighted by atomic mass is 16.1. The van der Waals surface area contributed by atoms with Crippen molar-refractivity contribution in [2.24, 2.45) is 0 Å². The van der Waals surface area contributed by atoms with E-state index in [1.807, 2.05) is 18.2 Å². The van der Waals surface area contributed by atoms with Gasteiger partial charge in [-0.05, 0) is 37.6 Å². The number of nitrogens with zero attached hydrogens (tertiary/aromatic N) is 2. The van der Waals surface area contributed by atoms with E-state index in [0.29, 0.717) is 11.3 Å². The van der Waals surface area contributed by atoms with Crippen LogP contribution in [0.1, 0.15) is 37.9 Å². The Labute approximate surface area is 152 Å². The van der Waals surface area contributed by atoms with Crippen LogP contribution in [0, 0.1) is 11.3 Å². The summed E-state index contributed by atoms with van der Waals surface area (Å²) in [4.78, 5) is 15.7. The van der Waals surface area contributed by atoms with Gasteiger partial charge in [0.2, 0.25) is 5.91 Å². The molecule has 1 aromatic carbocycles. The van der Waals surface area contributed by atoms with E-state index in [1.54, 1.807) is 12.1 Å². The SMILES string of the molecule is CC(=O)Nc1ccc(-c2cc(C3C(C)NNC3C)nc(N)c2C#N)cc1. The van der Waals surface area contributed by atoms with Gasteiger partial charge in [0, 0.05) is 41.9 Å². The molecule has 0 saturated carbocycles. The van der Waals surface area contributed by atoms with Gasteiger partial charge in [0.25, 0.3) is 0 Å². The number of benzene rings is 1. The third kappa shape index (κ3) is 3.38. The third-order valence-corrected chi connectivity index (χ3v) is 4.65. The van der Waals surface area contributed by atoms with E-state index in [4.69, 9.17) is 5.73 Å². The minimum absolute atomic E-state index is 0.130. The lowest BCUT2D eigenvalue weighted by molar-refractivity contribution is -0.114. The van der Waals surface area contributed by atoms with Gasteiger partial charge in [-0.2, -0.15) is 5.26 Å². The Kier molecular flexibility index (Phi) is 4.89. The lowest BCUT2D eigenvalue weighted by Crippen LogP contribution is -2.30. The lowest BCUT2D eigenvalue weighted by Gasteiger charge is -2.19. The van der Waals surface area contributed by atoms with Gasteiger partial charge in [-0.1, -0.05) is 12.1 Å². The third-order valence-electron chi connectivity index (χ3n) is 4.65. The highest BCUT2D eigenvalue weighted by Crippen LogP contribution is 2.33. The van der Waals surface area contributed by atoms with Crippen LogP contribution in [0.4, 0.5) is 11.5 Å². The first-order valence-corrected chi connectivity index (χ1v) is 8.50. The summed E-state index contributed by atoms with van der Waals surface area (Å²) >= 11 is 0. The second-order valence-electron chi connectivity index (χ2n) is 6.62. The number of aromatic nitrogens is 1. The molecular weight excluding hydrogens is 328 g/mol. The summed E-state index contributed by atoms with van der Waals surface area (Å²) < 4.78 is 0. The predicted octanol–water partition coefficient (Wildman–Crippen LogP) is 2.13. The van der Waals surface area contributed by atoms with Crippen LogP contribution in [-0.4, -0.2) is 23.0 Å². The summed E-state index contributed by atoms with van der Waals surface area (Å²) in [6.07, 6.45) is 0. The van der Waals surface area contributed by atoms with E-state index in [2.05, 4.69) is 41.1 Å². The first kappa shape index (κ1) is 17.9. The maximum Gasteiger partial charge on any atom is 0.221 e. The summed E-state index contributed by atoms with van der Waals surface area (Å²) in [5.41, 5.74) is 16.0. The average molecular weight is 350 g/mol. The van der Waals surface area contributed by atoms with Crippen LogP contribution in [0.2, 0.25) is 0 Å². The Bertz CT molecular complexity index is 861. The number of carbonyl (C=O) groups is 1. The molecule has 134 valence electrons. The topological polar surface area (TPSA) is 116 Å². The molecule has 1 saturated heterocycles. The minimum atomic E-state index is -0.130. The minimum Gasteiger partial charge on any atom is -0.383 e. The van der Waals surface area contributed by atoms with Crippen LogP contribution in [0.3, 0.4) is 0 Å². The van der Waals surface area contributed by atoms with Gasteiger partial charge in [-0.15, -0.1) is 0 Å². The molecule has 7 nitrogen and oxygen atoms in total. The molecule has 0 aliphatic carbocycles. The van der Waals surface area contributed by atoms with Crippen molar-refractivity contribution < 1.29 is 4.79 Å². The number of hydrogen-bond donors (Lipinski definition) is 4. The number of hydrogen-bond acceptors (Lipinski definition) is 6. The standard InChI is InChI=1S/C19H22N6O/c1-10-18(11(2)25-24-10)17-8-15(16(9-20)19(21)23-17)13-4-6-14(7-5-13)22-12(3)26/h4-8,10-11,18,24-25H,1-3H3,(H2,21,23)(H,22,26). The van der Waals surface area contributed by atoms with Crippen LogP contribution < -0.4 is 21.9 Å². The first-order chi connectivity index (χ1) is 12.4. The molecule has 3 rings (SSSR count). The maximum atomic E-state index is 11.2. The number of rotatable bonds is 3. The number of carbonyl (C=O) groups excluding carboxylic acids is 1. The van der Waals surface area contributed by atoms with E-state index in [1.165, 1.54) is 6.92 Å². The van der Waals surface area contributed by atoms with Crippen LogP contribution in [0.15, 0.2) is 30.3 Å². The normalized spacial score (nSPS) is 22.0. The molecular formula is C19H22N6O. The molecule has 2 atom stereocenters. The van der Waals surface area contributed by atoms with Crippen molar-refractivity contribution in [1.82, 2.24) is 15.8 Å². The Morgan fingerprint density at radius 3 is 2.38 bits per heavy atom. The Morgan fingerprint density at radius 2 is 1.85 bits per heavy atom. The molecule has 2 aromatic rings. The van der Waals surface area contributed by atoms with Crippen LogP contribution in [0.25, 0.3) is 11.1 Å². The van der Waals surface area contributed by atoms with Crippen molar-refractivity contribution >= 4 is 17.4 Å². The summed E-state index contributed by atoms with van der Waals surface area (Å²) in [5, 5.41) is 12.3. The summed E-state index contributed by atoms with van der Waals surface area (Å²) in [7, 11) is 0. The molecule has 0 bridgehead atoms. The molecule has 5 N–H and O–H groups in total. The Balaban J connectivity index is 2.05. The fourth-order valence-electron chi connectivity index (χ4n) is 3.43. The quantitative estimate of drug-likeness (QED) is 0.674. The highest BCUT2D eigenvalue weighted by molar-refractivity contribution is 5.89. The van der Waals surface area contributed by atoms with Gasteiger partial charge in [-0.25, -0.2) is 4.98 Å². The first-order valence-electron chi connectivity index (χ1n) is 8.50. The zero-order chi connectivity index (χ0) is 18.8. The van der Waals surface area contributed by atoms with E-state index in [9.17, 15) is 10.1 Å². The summed E-state index contributed by atoms with van der Waals surface area (Å²) in [6.45, 7) is 5.63. The number of anilines is 2. The van der Waals surface area contributed by atoms with E-state index in [0.717, 1.165) is 16.8 Å². The molecule has 0 radical (unpaired) electrons. The van der Waals surface area contributed by atoms with Crippen molar-refractivity contribution in [3.05, 3.63) is 41.6 Å². The molecule has 7 heteroatoms. The largest absolute Gasteiger partial charge is 0.383 e. The second kappa shape index (κ2) is 7.12. The van der Waals surface area contributed by atoms with Crippen LogP contribution in [0.5, 0.6) is 0 Å². The second-order valence-corrected chi connectivity index (χ2v) is 6.62. The molecule has 0 spiro atoms. The number of nitrogens with one attached hydrogen (secondary N) is 3.